The SMILES string of the molecule is CCCCCC(CC(=O)NO)C(=O)N[C@H](C(=O)NOC(=O)[C@@H]1CCCN1)C(C)C. The number of hydrogen-bond donors (Lipinski definition) is 5. The van der Waals surface area contributed by atoms with Crippen LogP contribution in [-0.2, 0) is 24.0 Å². The van der Waals surface area contributed by atoms with E-state index in [0.717, 1.165) is 32.2 Å². The summed E-state index contributed by atoms with van der Waals surface area (Å²) in [5.41, 5.74) is 3.66. The summed E-state index contributed by atoms with van der Waals surface area (Å²) in [6.07, 6.45) is 4.40. The molecular weight excluding hydrogens is 380 g/mol. The fourth-order valence-corrected chi connectivity index (χ4v) is 3.16. The molecule has 5 N–H and O–H groups in total. The molecule has 1 rings (SSSR count). The molecule has 0 bridgehead atoms. The summed E-state index contributed by atoms with van der Waals surface area (Å²) in [7, 11) is 0. The first-order valence-electron chi connectivity index (χ1n) is 10.3. The lowest BCUT2D eigenvalue weighted by atomic mass is 9.95. The van der Waals surface area contributed by atoms with Gasteiger partial charge in [-0.05, 0) is 31.7 Å². The molecule has 0 aromatic heterocycles. The number of nitrogens with one attached hydrogen (secondary N) is 4. The van der Waals surface area contributed by atoms with Crippen LogP contribution in [0.1, 0.15) is 65.7 Å². The zero-order chi connectivity index (χ0) is 21.8. The summed E-state index contributed by atoms with van der Waals surface area (Å²) < 4.78 is 0. The molecule has 10 nitrogen and oxygen atoms in total. The Labute approximate surface area is 171 Å². The molecule has 1 fully saturated rings. The van der Waals surface area contributed by atoms with E-state index in [9.17, 15) is 19.2 Å². The lowest BCUT2D eigenvalue weighted by Crippen LogP contribution is -2.52. The quantitative estimate of drug-likeness (QED) is 0.188. The van der Waals surface area contributed by atoms with Crippen molar-refractivity contribution in [1.29, 1.82) is 0 Å². The highest BCUT2D eigenvalue weighted by atomic mass is 16.7. The molecule has 1 aliphatic rings. The van der Waals surface area contributed by atoms with Crippen LogP contribution in [0.3, 0.4) is 0 Å². The molecule has 29 heavy (non-hydrogen) atoms. The maximum Gasteiger partial charge on any atom is 0.348 e. The van der Waals surface area contributed by atoms with Gasteiger partial charge in [0.25, 0.3) is 5.91 Å². The Hall–Kier alpha value is -2.20. The van der Waals surface area contributed by atoms with Gasteiger partial charge in [-0.1, -0.05) is 40.0 Å². The first-order valence-corrected chi connectivity index (χ1v) is 10.3. The van der Waals surface area contributed by atoms with Gasteiger partial charge in [-0.25, -0.2) is 10.3 Å². The van der Waals surface area contributed by atoms with Gasteiger partial charge in [-0.3, -0.25) is 19.6 Å². The summed E-state index contributed by atoms with van der Waals surface area (Å²) >= 11 is 0. The Balaban J connectivity index is 2.66. The fourth-order valence-electron chi connectivity index (χ4n) is 3.16. The number of hydrogen-bond acceptors (Lipinski definition) is 7. The fraction of sp³-hybridized carbons (Fsp3) is 0.789. The minimum absolute atomic E-state index is 0.180. The maximum absolute atomic E-state index is 12.7. The second-order valence-electron chi connectivity index (χ2n) is 7.70. The van der Waals surface area contributed by atoms with Crippen LogP contribution in [0.25, 0.3) is 0 Å². The predicted octanol–water partition coefficient (Wildman–Crippen LogP) is 0.546. The number of rotatable bonds is 11. The van der Waals surface area contributed by atoms with E-state index >= 15 is 0 Å². The number of hydroxylamine groups is 2. The lowest BCUT2D eigenvalue weighted by Gasteiger charge is -2.24. The van der Waals surface area contributed by atoms with Crippen LogP contribution in [0.2, 0.25) is 0 Å². The van der Waals surface area contributed by atoms with Crippen LogP contribution in [0.4, 0.5) is 0 Å². The van der Waals surface area contributed by atoms with E-state index in [-0.39, 0.29) is 12.3 Å². The van der Waals surface area contributed by atoms with E-state index in [2.05, 4.69) is 16.1 Å². The van der Waals surface area contributed by atoms with Gasteiger partial charge in [-0.15, -0.1) is 0 Å². The predicted molar refractivity (Wildman–Crippen MR) is 104 cm³/mol. The van der Waals surface area contributed by atoms with Crippen LogP contribution in [0.15, 0.2) is 0 Å². The van der Waals surface area contributed by atoms with Crippen molar-refractivity contribution in [3.05, 3.63) is 0 Å². The van der Waals surface area contributed by atoms with E-state index in [1.165, 1.54) is 5.48 Å². The Morgan fingerprint density at radius 1 is 1.17 bits per heavy atom. The molecule has 0 radical (unpaired) electrons. The Morgan fingerprint density at radius 2 is 1.90 bits per heavy atom. The smallest absolute Gasteiger partial charge is 0.344 e. The van der Waals surface area contributed by atoms with Crippen LogP contribution >= 0.6 is 0 Å². The molecule has 0 spiro atoms. The Morgan fingerprint density at radius 3 is 2.45 bits per heavy atom. The topological polar surface area (TPSA) is 146 Å². The van der Waals surface area contributed by atoms with E-state index in [1.807, 2.05) is 6.92 Å². The van der Waals surface area contributed by atoms with Crippen LogP contribution in [0, 0.1) is 11.8 Å². The molecule has 1 saturated heterocycles. The van der Waals surface area contributed by atoms with E-state index in [4.69, 9.17) is 10.0 Å². The summed E-state index contributed by atoms with van der Waals surface area (Å²) in [5.74, 6) is -3.27. The highest BCUT2D eigenvalue weighted by Gasteiger charge is 2.30. The molecule has 3 amide bonds. The zero-order valence-electron chi connectivity index (χ0n) is 17.5. The minimum atomic E-state index is -0.933. The van der Waals surface area contributed by atoms with Crippen molar-refractivity contribution in [2.45, 2.75) is 77.8 Å². The first kappa shape index (κ1) is 24.8. The van der Waals surface area contributed by atoms with Crippen molar-refractivity contribution >= 4 is 23.7 Å². The summed E-state index contributed by atoms with van der Waals surface area (Å²) in [6, 6.07) is -1.37. The molecule has 1 aliphatic heterocycles. The van der Waals surface area contributed by atoms with Crippen molar-refractivity contribution in [2.24, 2.45) is 11.8 Å². The third-order valence-corrected chi connectivity index (χ3v) is 4.93. The molecule has 0 saturated carbocycles. The van der Waals surface area contributed by atoms with Gasteiger partial charge in [0.15, 0.2) is 0 Å². The summed E-state index contributed by atoms with van der Waals surface area (Å²) in [4.78, 5) is 53.5. The van der Waals surface area contributed by atoms with Crippen molar-refractivity contribution in [3.8, 4) is 0 Å². The molecule has 0 aromatic rings. The van der Waals surface area contributed by atoms with Gasteiger partial charge >= 0.3 is 5.97 Å². The lowest BCUT2D eigenvalue weighted by molar-refractivity contribution is -0.161. The van der Waals surface area contributed by atoms with Crippen LogP contribution in [0.5, 0.6) is 0 Å². The monoisotopic (exact) mass is 414 g/mol. The number of carbonyl (C=O) groups excluding carboxylic acids is 4. The standard InChI is InChI=1S/C19H34N4O6/c1-4-5-6-8-13(11-15(24)22-28)17(25)21-16(12(2)3)18(26)23-29-19(27)14-9-7-10-20-14/h12-14,16,20,28H,4-11H2,1-3H3,(H,21,25)(H,22,24)(H,23,26)/t13?,14-,16-/m0/s1. The zero-order valence-corrected chi connectivity index (χ0v) is 17.5. The molecule has 1 heterocycles. The van der Waals surface area contributed by atoms with Crippen molar-refractivity contribution in [3.63, 3.8) is 0 Å². The third-order valence-electron chi connectivity index (χ3n) is 4.93. The average Bonchev–Trinajstić information content (AvgIpc) is 3.23. The third kappa shape index (κ3) is 8.78. The largest absolute Gasteiger partial charge is 0.348 e. The second kappa shape index (κ2) is 13.1. The first-order chi connectivity index (χ1) is 13.8. The molecule has 166 valence electrons. The second-order valence-corrected chi connectivity index (χ2v) is 7.70. The van der Waals surface area contributed by atoms with Gasteiger partial charge in [0.2, 0.25) is 11.8 Å². The Kier molecular flexibility index (Phi) is 11.2. The van der Waals surface area contributed by atoms with Crippen molar-refractivity contribution in [2.75, 3.05) is 6.54 Å². The average molecular weight is 415 g/mol. The normalized spacial score (nSPS) is 18.0. The van der Waals surface area contributed by atoms with Crippen molar-refractivity contribution in [1.82, 2.24) is 21.6 Å². The molecule has 0 aromatic carbocycles. The van der Waals surface area contributed by atoms with Crippen LogP contribution in [-0.4, -0.2) is 47.5 Å². The van der Waals surface area contributed by atoms with Crippen LogP contribution < -0.4 is 21.6 Å². The van der Waals surface area contributed by atoms with Gasteiger partial charge in [0.05, 0.1) is 0 Å². The number of carbonyl (C=O) groups is 4. The van der Waals surface area contributed by atoms with E-state index in [0.29, 0.717) is 12.8 Å². The molecule has 0 aliphatic carbocycles. The van der Waals surface area contributed by atoms with E-state index in [1.54, 1.807) is 13.8 Å². The number of unbranched alkanes of at least 4 members (excludes halogenated alkanes) is 2. The minimum Gasteiger partial charge on any atom is -0.344 e. The maximum atomic E-state index is 12.7. The number of amides is 3. The molecular formula is C19H34N4O6. The van der Waals surface area contributed by atoms with Gasteiger partial charge in [-0.2, -0.15) is 5.48 Å². The summed E-state index contributed by atoms with van der Waals surface area (Å²) in [6.45, 7) is 6.24. The molecule has 3 atom stereocenters. The van der Waals surface area contributed by atoms with Gasteiger partial charge < -0.3 is 15.5 Å². The Bertz CT molecular complexity index is 563. The highest BCUT2D eigenvalue weighted by Crippen LogP contribution is 2.16. The molecule has 1 unspecified atom stereocenters. The van der Waals surface area contributed by atoms with E-state index < -0.39 is 41.7 Å². The molecule has 10 heteroatoms. The highest BCUT2D eigenvalue weighted by molar-refractivity contribution is 5.91. The summed E-state index contributed by atoms with van der Waals surface area (Å²) in [5, 5.41) is 14.4. The van der Waals surface area contributed by atoms with Crippen molar-refractivity contribution < 1.29 is 29.2 Å². The van der Waals surface area contributed by atoms with Gasteiger partial charge in [0, 0.05) is 12.3 Å². The van der Waals surface area contributed by atoms with Gasteiger partial charge in [0.1, 0.15) is 12.1 Å².